The summed E-state index contributed by atoms with van der Waals surface area (Å²) in [4.78, 5) is 0. The van der Waals surface area contributed by atoms with E-state index in [4.69, 9.17) is 25.8 Å². The smallest absolute Gasteiger partial charge is 0.187 e. The Morgan fingerprint density at radius 1 is 1.27 bits per heavy atom. The van der Waals surface area contributed by atoms with Gasteiger partial charge in [0, 0.05) is 14.2 Å². The fourth-order valence-corrected chi connectivity index (χ4v) is 1.26. The molecule has 66 valence electrons. The van der Waals surface area contributed by atoms with Gasteiger partial charge in [0.15, 0.2) is 12.6 Å². The van der Waals surface area contributed by atoms with Crippen LogP contribution in [0.3, 0.4) is 0 Å². The van der Waals surface area contributed by atoms with Crippen molar-refractivity contribution in [3.8, 4) is 0 Å². The number of hydrogen-bond acceptors (Lipinski definition) is 4. The van der Waals surface area contributed by atoms with E-state index in [1.54, 1.807) is 0 Å². The van der Waals surface area contributed by atoms with Gasteiger partial charge in [-0.15, -0.1) is 11.6 Å². The first-order chi connectivity index (χ1) is 5.20. The fourth-order valence-electron chi connectivity index (χ4n) is 0.979. The molecule has 11 heavy (non-hydrogen) atoms. The van der Waals surface area contributed by atoms with E-state index >= 15 is 0 Å². The fraction of sp³-hybridized carbons (Fsp3) is 1.00. The highest BCUT2D eigenvalue weighted by Gasteiger charge is 2.43. The van der Waals surface area contributed by atoms with Crippen LogP contribution in [0.25, 0.3) is 0 Å². The highest BCUT2D eigenvalue weighted by molar-refractivity contribution is 6.21. The molecular weight excluding hydrogens is 172 g/mol. The highest BCUT2D eigenvalue weighted by atomic mass is 35.5. The van der Waals surface area contributed by atoms with Crippen LogP contribution in [0.4, 0.5) is 0 Å². The van der Waals surface area contributed by atoms with E-state index in [2.05, 4.69) is 0 Å². The summed E-state index contributed by atoms with van der Waals surface area (Å²) in [5.41, 5.74) is 0. The third-order valence-corrected chi connectivity index (χ3v) is 2.06. The van der Waals surface area contributed by atoms with E-state index in [1.165, 1.54) is 14.2 Å². The SMILES string of the molecule is CO[C@H]1O[C@H](OC)[C@@H](Cl)[C@@H]1O. The molecule has 4 nitrogen and oxygen atoms in total. The van der Waals surface area contributed by atoms with Gasteiger partial charge in [0.05, 0.1) is 0 Å². The minimum absolute atomic E-state index is 0.565. The Morgan fingerprint density at radius 3 is 2.09 bits per heavy atom. The molecule has 0 aliphatic carbocycles. The van der Waals surface area contributed by atoms with Crippen molar-refractivity contribution in [2.24, 2.45) is 0 Å². The van der Waals surface area contributed by atoms with Crippen LogP contribution in [-0.2, 0) is 14.2 Å². The molecule has 0 saturated carbocycles. The minimum Gasteiger partial charge on any atom is -0.386 e. The van der Waals surface area contributed by atoms with Gasteiger partial charge in [-0.3, -0.25) is 0 Å². The number of methoxy groups -OCH3 is 2. The molecule has 0 bridgehead atoms. The first kappa shape index (κ1) is 9.22. The summed E-state index contributed by atoms with van der Waals surface area (Å²) in [5, 5.41) is 8.73. The normalized spacial score (nSPS) is 44.7. The van der Waals surface area contributed by atoms with Gasteiger partial charge in [-0.05, 0) is 0 Å². The minimum atomic E-state index is -0.827. The summed E-state index contributed by atoms with van der Waals surface area (Å²) in [7, 11) is 2.90. The van der Waals surface area contributed by atoms with Crippen LogP contribution in [0.2, 0.25) is 0 Å². The van der Waals surface area contributed by atoms with Crippen molar-refractivity contribution in [1.29, 1.82) is 0 Å². The van der Waals surface area contributed by atoms with Crippen LogP contribution in [0.5, 0.6) is 0 Å². The van der Waals surface area contributed by atoms with Gasteiger partial charge in [-0.1, -0.05) is 0 Å². The average Bonchev–Trinajstić information content (AvgIpc) is 2.30. The van der Waals surface area contributed by atoms with Crippen LogP contribution in [0.1, 0.15) is 0 Å². The lowest BCUT2D eigenvalue weighted by Gasteiger charge is -2.10. The van der Waals surface area contributed by atoms with Crippen molar-refractivity contribution < 1.29 is 19.3 Å². The first-order valence-electron chi connectivity index (χ1n) is 3.24. The number of halogens is 1. The van der Waals surface area contributed by atoms with E-state index in [0.29, 0.717) is 0 Å². The maximum atomic E-state index is 9.30. The molecule has 5 heteroatoms. The predicted octanol–water partition coefficient (Wildman–Crippen LogP) is -0.0701. The summed E-state index contributed by atoms with van der Waals surface area (Å²) < 4.78 is 14.7. The molecule has 0 unspecified atom stereocenters. The zero-order valence-corrected chi connectivity index (χ0v) is 7.12. The molecule has 1 N–H and O–H groups in total. The van der Waals surface area contributed by atoms with E-state index < -0.39 is 24.1 Å². The number of aliphatic hydroxyl groups is 1. The van der Waals surface area contributed by atoms with Gasteiger partial charge in [0.1, 0.15) is 11.5 Å². The van der Waals surface area contributed by atoms with E-state index in [-0.39, 0.29) is 0 Å². The van der Waals surface area contributed by atoms with Crippen LogP contribution in [-0.4, -0.2) is 43.4 Å². The second-order valence-corrected chi connectivity index (χ2v) is 2.78. The number of hydrogen-bond donors (Lipinski definition) is 1. The highest BCUT2D eigenvalue weighted by Crippen LogP contribution is 2.26. The lowest BCUT2D eigenvalue weighted by atomic mass is 10.3. The molecular formula is C6H11ClO4. The molecule has 0 radical (unpaired) electrons. The molecule has 1 heterocycles. The monoisotopic (exact) mass is 182 g/mol. The molecule has 1 rings (SSSR count). The number of aliphatic hydroxyl groups excluding tert-OH is 1. The van der Waals surface area contributed by atoms with Gasteiger partial charge < -0.3 is 19.3 Å². The van der Waals surface area contributed by atoms with E-state index in [0.717, 1.165) is 0 Å². The zero-order chi connectivity index (χ0) is 8.43. The summed E-state index contributed by atoms with van der Waals surface area (Å²) in [6.45, 7) is 0. The Morgan fingerprint density at radius 2 is 1.82 bits per heavy atom. The summed E-state index contributed by atoms with van der Waals surface area (Å²) >= 11 is 5.72. The van der Waals surface area contributed by atoms with Gasteiger partial charge in [-0.2, -0.15) is 0 Å². The molecule has 1 aliphatic rings. The second kappa shape index (κ2) is 3.69. The van der Waals surface area contributed by atoms with Crippen LogP contribution in [0.15, 0.2) is 0 Å². The van der Waals surface area contributed by atoms with Crippen LogP contribution >= 0.6 is 11.6 Å². The van der Waals surface area contributed by atoms with Gasteiger partial charge >= 0.3 is 0 Å². The Labute approximate surface area is 70.0 Å². The lowest BCUT2D eigenvalue weighted by molar-refractivity contribution is -0.199. The molecule has 1 aliphatic heterocycles. The predicted molar refractivity (Wildman–Crippen MR) is 38.3 cm³/mol. The van der Waals surface area contributed by atoms with Crippen LogP contribution in [0, 0.1) is 0 Å². The van der Waals surface area contributed by atoms with Crippen molar-refractivity contribution in [1.82, 2.24) is 0 Å². The number of alkyl halides is 1. The van der Waals surface area contributed by atoms with Gasteiger partial charge in [-0.25, -0.2) is 0 Å². The molecule has 1 saturated heterocycles. The largest absolute Gasteiger partial charge is 0.386 e. The molecule has 1 fully saturated rings. The Bertz CT molecular complexity index is 114. The quantitative estimate of drug-likeness (QED) is 0.608. The van der Waals surface area contributed by atoms with E-state index in [1.807, 2.05) is 0 Å². The summed E-state index contributed by atoms with van der Waals surface area (Å²) in [5.74, 6) is 0. The van der Waals surface area contributed by atoms with Crippen molar-refractivity contribution >= 4 is 11.6 Å². The maximum absolute atomic E-state index is 9.30. The van der Waals surface area contributed by atoms with Crippen molar-refractivity contribution in [2.45, 2.75) is 24.1 Å². The molecule has 0 aromatic carbocycles. The van der Waals surface area contributed by atoms with Crippen molar-refractivity contribution in [2.75, 3.05) is 14.2 Å². The average molecular weight is 183 g/mol. The molecule has 0 amide bonds. The number of ether oxygens (including phenoxy) is 3. The van der Waals surface area contributed by atoms with Gasteiger partial charge in [0.2, 0.25) is 0 Å². The zero-order valence-electron chi connectivity index (χ0n) is 6.36. The maximum Gasteiger partial charge on any atom is 0.187 e. The third-order valence-electron chi connectivity index (χ3n) is 1.60. The Balaban J connectivity index is 2.53. The molecule has 0 spiro atoms. The Hall–Kier alpha value is 0.130. The summed E-state index contributed by atoms with van der Waals surface area (Å²) in [6.07, 6.45) is -2.09. The first-order valence-corrected chi connectivity index (χ1v) is 3.67. The van der Waals surface area contributed by atoms with Crippen LogP contribution < -0.4 is 0 Å². The van der Waals surface area contributed by atoms with E-state index in [9.17, 15) is 5.11 Å². The van der Waals surface area contributed by atoms with Crippen molar-refractivity contribution in [3.63, 3.8) is 0 Å². The summed E-state index contributed by atoms with van der Waals surface area (Å²) in [6, 6.07) is 0. The number of rotatable bonds is 2. The second-order valence-electron chi connectivity index (χ2n) is 2.28. The van der Waals surface area contributed by atoms with Crippen molar-refractivity contribution in [3.05, 3.63) is 0 Å². The molecule has 0 aromatic heterocycles. The van der Waals surface area contributed by atoms with Gasteiger partial charge in [0.25, 0.3) is 0 Å². The third kappa shape index (κ3) is 1.65. The topological polar surface area (TPSA) is 47.9 Å². The molecule has 4 atom stereocenters. The lowest BCUT2D eigenvalue weighted by Crippen LogP contribution is -2.29. The Kier molecular flexibility index (Phi) is 3.09. The standard InChI is InChI=1S/C6H11ClO4/c1-9-5-3(7)4(8)6(10-2)11-5/h3-6,8H,1-2H3/t3-,4-,5-,6-/m0/s1. The molecule has 0 aromatic rings.